The first-order valence-electron chi connectivity index (χ1n) is 17.7. The van der Waals surface area contributed by atoms with Gasteiger partial charge in [0, 0.05) is 28.3 Å². The van der Waals surface area contributed by atoms with Gasteiger partial charge in [-0.05, 0) is 93.6 Å². The van der Waals surface area contributed by atoms with Crippen LogP contribution < -0.4 is 0 Å². The zero-order chi connectivity index (χ0) is 35.7. The Morgan fingerprint density at radius 3 is 1.83 bits per heavy atom. The molecule has 0 saturated heterocycles. The van der Waals surface area contributed by atoms with E-state index in [1.807, 2.05) is 18.2 Å². The van der Waals surface area contributed by atoms with Crippen LogP contribution in [0.2, 0.25) is 0 Å². The molecule has 3 nitrogen and oxygen atoms in total. The summed E-state index contributed by atoms with van der Waals surface area (Å²) in [5, 5.41) is 0. The summed E-state index contributed by atoms with van der Waals surface area (Å²) in [6.45, 7) is 10.3. The fourth-order valence-corrected chi connectivity index (χ4v) is 7.31. The molecule has 0 radical (unpaired) electrons. The lowest BCUT2D eigenvalue weighted by Gasteiger charge is -2.22. The van der Waals surface area contributed by atoms with Gasteiger partial charge < -0.3 is 0 Å². The maximum absolute atomic E-state index is 5.17. The smallest absolute Gasteiger partial charge is 0.160 e. The summed E-state index contributed by atoms with van der Waals surface area (Å²) in [5.74, 6) is 0.692. The molecule has 8 rings (SSSR count). The third kappa shape index (κ3) is 6.22. The molecule has 1 heterocycles. The van der Waals surface area contributed by atoms with Gasteiger partial charge in [-0.2, -0.15) is 0 Å². The highest BCUT2D eigenvalue weighted by Gasteiger charge is 2.35. The second-order valence-electron chi connectivity index (χ2n) is 13.9. The SMILES string of the molecule is C=N/C=C\C=C(/C)c1ccc(-c2cc(-c3ccc(-c4ccc5c(c4)C(C)(C)c4ccccc4-5)cc3)nc(-c3cccc(-c4ccccc4)c3)n2)cc1. The average Bonchev–Trinajstić information content (AvgIpc) is 3.43. The Labute approximate surface area is 306 Å². The van der Waals surface area contributed by atoms with E-state index in [1.54, 1.807) is 6.20 Å². The van der Waals surface area contributed by atoms with E-state index in [-0.39, 0.29) is 5.41 Å². The number of aromatic nitrogens is 2. The maximum Gasteiger partial charge on any atom is 0.160 e. The Morgan fingerprint density at radius 1 is 0.538 bits per heavy atom. The van der Waals surface area contributed by atoms with Gasteiger partial charge in [-0.25, -0.2) is 9.97 Å². The van der Waals surface area contributed by atoms with Gasteiger partial charge in [-0.3, -0.25) is 4.99 Å². The second-order valence-corrected chi connectivity index (χ2v) is 13.9. The van der Waals surface area contributed by atoms with Gasteiger partial charge in [-0.1, -0.05) is 153 Å². The number of hydrogen-bond acceptors (Lipinski definition) is 3. The Balaban J connectivity index is 1.17. The van der Waals surface area contributed by atoms with Crippen molar-refractivity contribution in [2.24, 2.45) is 4.99 Å². The summed E-state index contributed by atoms with van der Waals surface area (Å²) in [4.78, 5) is 14.1. The number of hydrogen-bond donors (Lipinski definition) is 0. The maximum atomic E-state index is 5.17. The molecule has 1 aliphatic rings. The van der Waals surface area contributed by atoms with Crippen LogP contribution in [0.4, 0.5) is 0 Å². The van der Waals surface area contributed by atoms with Gasteiger partial charge in [0.05, 0.1) is 11.4 Å². The Kier molecular flexibility index (Phi) is 8.62. The average molecular weight is 670 g/mol. The number of benzene rings is 6. The van der Waals surface area contributed by atoms with Crippen molar-refractivity contribution < 1.29 is 0 Å². The topological polar surface area (TPSA) is 38.1 Å². The predicted molar refractivity (Wildman–Crippen MR) is 219 cm³/mol. The molecule has 1 aromatic heterocycles. The zero-order valence-corrected chi connectivity index (χ0v) is 29.7. The molecule has 0 amide bonds. The molecule has 0 spiro atoms. The lowest BCUT2D eigenvalue weighted by Crippen LogP contribution is -2.14. The minimum atomic E-state index is -0.0410. The van der Waals surface area contributed by atoms with Crippen LogP contribution >= 0.6 is 0 Å². The summed E-state index contributed by atoms with van der Waals surface area (Å²) in [6, 6.07) is 54.1. The van der Waals surface area contributed by atoms with E-state index in [1.165, 1.54) is 33.4 Å². The van der Waals surface area contributed by atoms with Crippen molar-refractivity contribution in [3.8, 4) is 67.3 Å². The van der Waals surface area contributed by atoms with Crippen molar-refractivity contribution in [2.45, 2.75) is 26.2 Å². The third-order valence-corrected chi connectivity index (χ3v) is 10.2. The largest absolute Gasteiger partial charge is 0.273 e. The molecule has 0 bridgehead atoms. The monoisotopic (exact) mass is 669 g/mol. The molecule has 0 atom stereocenters. The van der Waals surface area contributed by atoms with Crippen LogP contribution in [-0.4, -0.2) is 16.7 Å². The minimum Gasteiger partial charge on any atom is -0.273 e. The zero-order valence-electron chi connectivity index (χ0n) is 29.7. The van der Waals surface area contributed by atoms with E-state index in [9.17, 15) is 0 Å². The van der Waals surface area contributed by atoms with Crippen molar-refractivity contribution in [1.82, 2.24) is 9.97 Å². The van der Waals surface area contributed by atoms with E-state index in [4.69, 9.17) is 9.97 Å². The lowest BCUT2D eigenvalue weighted by molar-refractivity contribution is 0.660. The molecule has 7 aromatic rings. The summed E-state index contributed by atoms with van der Waals surface area (Å²) >= 11 is 0. The predicted octanol–water partition coefficient (Wildman–Crippen LogP) is 12.7. The van der Waals surface area contributed by atoms with Gasteiger partial charge in [0.15, 0.2) is 5.82 Å². The Morgan fingerprint density at radius 2 is 1.10 bits per heavy atom. The fraction of sp³-hybridized carbons (Fsp3) is 0.0816. The summed E-state index contributed by atoms with van der Waals surface area (Å²) in [7, 11) is 0. The number of aliphatic imine (C=N–C) groups is 1. The van der Waals surface area contributed by atoms with Gasteiger partial charge in [0.2, 0.25) is 0 Å². The molecule has 0 saturated carbocycles. The number of rotatable bonds is 8. The van der Waals surface area contributed by atoms with E-state index >= 15 is 0 Å². The molecule has 0 unspecified atom stereocenters. The number of fused-ring (bicyclic) bond motifs is 3. The molecule has 6 aromatic carbocycles. The second kappa shape index (κ2) is 13.7. The van der Waals surface area contributed by atoms with Crippen LogP contribution in [0.15, 0.2) is 175 Å². The number of nitrogens with zero attached hydrogens (tertiary/aromatic N) is 3. The first kappa shape index (κ1) is 32.7. The van der Waals surface area contributed by atoms with Gasteiger partial charge in [0.25, 0.3) is 0 Å². The van der Waals surface area contributed by atoms with Crippen LogP contribution in [0.3, 0.4) is 0 Å². The molecule has 0 N–H and O–H groups in total. The molecular formula is C49H39N3. The van der Waals surface area contributed by atoms with Crippen molar-refractivity contribution in [3.63, 3.8) is 0 Å². The van der Waals surface area contributed by atoms with Crippen molar-refractivity contribution in [3.05, 3.63) is 187 Å². The highest BCUT2D eigenvalue weighted by Crippen LogP contribution is 2.49. The van der Waals surface area contributed by atoms with Gasteiger partial charge in [-0.15, -0.1) is 0 Å². The molecule has 3 heteroatoms. The van der Waals surface area contributed by atoms with Crippen LogP contribution in [0.25, 0.3) is 72.9 Å². The Bertz CT molecular complexity index is 2490. The quantitative estimate of drug-likeness (QED) is 0.119. The Hall–Kier alpha value is -6.45. The molecule has 1 aliphatic carbocycles. The first-order valence-corrected chi connectivity index (χ1v) is 17.7. The van der Waals surface area contributed by atoms with Gasteiger partial charge in [0.1, 0.15) is 0 Å². The van der Waals surface area contributed by atoms with Crippen molar-refractivity contribution >= 4 is 12.3 Å². The minimum absolute atomic E-state index is 0.0410. The number of allylic oxidation sites excluding steroid dienone is 3. The molecule has 0 fully saturated rings. The van der Waals surface area contributed by atoms with Crippen LogP contribution in [-0.2, 0) is 5.41 Å². The summed E-state index contributed by atoms with van der Waals surface area (Å²) < 4.78 is 0. The van der Waals surface area contributed by atoms with Crippen LogP contribution in [0.5, 0.6) is 0 Å². The molecular weight excluding hydrogens is 631 g/mol. The fourth-order valence-electron chi connectivity index (χ4n) is 7.31. The van der Waals surface area contributed by atoms with E-state index < -0.39 is 0 Å². The first-order chi connectivity index (χ1) is 25.4. The molecule has 0 aliphatic heterocycles. The standard InChI is InChI=1S/C49H39N3/c1-33(12-11-29-50-4)34-19-23-37(24-20-34)46-32-47(52-48(51-46)41-16-10-15-39(30-41)35-13-6-5-7-14-35)38-25-21-36(22-26-38)40-27-28-43-42-17-8-9-18-44(42)49(2,3)45(43)31-40/h5-32H,4H2,1-3H3/b29-11-,33-12+. The lowest BCUT2D eigenvalue weighted by atomic mass is 9.81. The third-order valence-electron chi connectivity index (χ3n) is 10.2. The molecule has 250 valence electrons. The van der Waals surface area contributed by atoms with E-state index in [2.05, 4.69) is 178 Å². The summed E-state index contributed by atoms with van der Waals surface area (Å²) in [5.41, 5.74) is 17.2. The van der Waals surface area contributed by atoms with Crippen LogP contribution in [0.1, 0.15) is 37.5 Å². The van der Waals surface area contributed by atoms with Crippen LogP contribution in [0, 0.1) is 0 Å². The summed E-state index contributed by atoms with van der Waals surface area (Å²) in [6.07, 6.45) is 5.63. The van der Waals surface area contributed by atoms with E-state index in [0.29, 0.717) is 5.82 Å². The van der Waals surface area contributed by atoms with Gasteiger partial charge >= 0.3 is 0 Å². The van der Waals surface area contributed by atoms with E-state index in [0.717, 1.165) is 50.3 Å². The highest BCUT2D eigenvalue weighted by atomic mass is 14.9. The highest BCUT2D eigenvalue weighted by molar-refractivity contribution is 5.84. The normalized spacial score (nSPS) is 13.2. The van der Waals surface area contributed by atoms with Crippen molar-refractivity contribution in [2.75, 3.05) is 0 Å². The van der Waals surface area contributed by atoms with Crippen molar-refractivity contribution in [1.29, 1.82) is 0 Å². The molecule has 52 heavy (non-hydrogen) atoms.